The zero-order chi connectivity index (χ0) is 15.3. The molecule has 1 aliphatic carbocycles. The van der Waals surface area contributed by atoms with Crippen molar-refractivity contribution in [3.8, 4) is 0 Å². The average Bonchev–Trinajstić information content (AvgIpc) is 2.94. The van der Waals surface area contributed by atoms with Gasteiger partial charge in [0, 0.05) is 17.8 Å². The summed E-state index contributed by atoms with van der Waals surface area (Å²) in [7, 11) is -3.17. The third kappa shape index (κ3) is 2.60. The first-order valence-corrected chi connectivity index (χ1v) is 10.0. The quantitative estimate of drug-likeness (QED) is 0.802. The molecular formula is C14H20N2O4S2. The van der Waals surface area contributed by atoms with Gasteiger partial charge in [-0.2, -0.15) is 4.31 Å². The molecule has 0 amide bonds. The number of thiazole rings is 1. The molecule has 3 atom stereocenters. The Labute approximate surface area is 134 Å². The van der Waals surface area contributed by atoms with Crippen molar-refractivity contribution in [3.63, 3.8) is 0 Å². The predicted molar refractivity (Wildman–Crippen MR) is 82.2 cm³/mol. The Morgan fingerprint density at radius 3 is 2.95 bits per heavy atom. The molecule has 3 fully saturated rings. The van der Waals surface area contributed by atoms with Crippen LogP contribution in [0.1, 0.15) is 23.5 Å². The van der Waals surface area contributed by atoms with Gasteiger partial charge in [-0.15, -0.1) is 11.3 Å². The second-order valence-electron chi connectivity index (χ2n) is 6.29. The first-order chi connectivity index (χ1) is 10.6. The molecule has 0 bridgehead atoms. The molecule has 4 rings (SSSR count). The maximum atomic E-state index is 12.6. The molecule has 0 N–H and O–H groups in total. The summed E-state index contributed by atoms with van der Waals surface area (Å²) in [4.78, 5) is 4.39. The van der Waals surface area contributed by atoms with Gasteiger partial charge < -0.3 is 9.47 Å². The van der Waals surface area contributed by atoms with Crippen molar-refractivity contribution in [3.05, 3.63) is 16.1 Å². The van der Waals surface area contributed by atoms with Gasteiger partial charge in [-0.1, -0.05) is 0 Å². The first-order valence-electron chi connectivity index (χ1n) is 7.66. The number of rotatable bonds is 5. The molecule has 22 heavy (non-hydrogen) atoms. The van der Waals surface area contributed by atoms with Crippen molar-refractivity contribution in [1.82, 2.24) is 9.29 Å². The van der Waals surface area contributed by atoms with Crippen LogP contribution in [0.15, 0.2) is 5.38 Å². The van der Waals surface area contributed by atoms with Crippen LogP contribution >= 0.6 is 11.3 Å². The van der Waals surface area contributed by atoms with Gasteiger partial charge in [0.05, 0.1) is 47.9 Å². The van der Waals surface area contributed by atoms with E-state index in [2.05, 4.69) is 4.98 Å². The Balaban J connectivity index is 1.47. The van der Waals surface area contributed by atoms with Gasteiger partial charge in [0.25, 0.3) is 0 Å². The number of ether oxygens (including phenoxy) is 2. The summed E-state index contributed by atoms with van der Waals surface area (Å²) >= 11 is 1.60. The number of fused-ring (bicyclic) bond motifs is 1. The largest absolute Gasteiger partial charge is 0.379 e. The first kappa shape index (κ1) is 15.0. The monoisotopic (exact) mass is 344 g/mol. The second-order valence-corrected chi connectivity index (χ2v) is 9.52. The minimum absolute atomic E-state index is 0.0484. The zero-order valence-corrected chi connectivity index (χ0v) is 14.1. The summed E-state index contributed by atoms with van der Waals surface area (Å²) in [6.45, 7) is 3.94. The van der Waals surface area contributed by atoms with E-state index in [0.29, 0.717) is 26.4 Å². The number of aromatic nitrogens is 1. The molecule has 0 aromatic carbocycles. The molecule has 122 valence electrons. The fourth-order valence-corrected chi connectivity index (χ4v) is 6.01. The molecule has 1 aromatic heterocycles. The van der Waals surface area contributed by atoms with E-state index < -0.39 is 10.0 Å². The molecule has 2 saturated heterocycles. The molecule has 3 aliphatic rings. The van der Waals surface area contributed by atoms with E-state index in [0.717, 1.165) is 23.5 Å². The Morgan fingerprint density at radius 2 is 2.27 bits per heavy atom. The van der Waals surface area contributed by atoms with E-state index in [1.165, 1.54) is 0 Å². The minimum atomic E-state index is -3.17. The van der Waals surface area contributed by atoms with Crippen molar-refractivity contribution < 1.29 is 17.9 Å². The van der Waals surface area contributed by atoms with Crippen LogP contribution in [0, 0.1) is 12.8 Å². The molecule has 0 unspecified atom stereocenters. The topological polar surface area (TPSA) is 68.7 Å². The normalized spacial score (nSPS) is 32.5. The number of nitrogens with zero attached hydrogens (tertiary/aromatic N) is 2. The Morgan fingerprint density at radius 1 is 1.45 bits per heavy atom. The molecule has 8 heteroatoms. The highest BCUT2D eigenvalue weighted by atomic mass is 32.2. The van der Waals surface area contributed by atoms with Gasteiger partial charge in [0.2, 0.25) is 10.0 Å². The van der Waals surface area contributed by atoms with Crippen molar-refractivity contribution in [2.75, 3.05) is 19.8 Å². The SMILES string of the molecule is Cc1nc(CO[C@@H]2CN(S(=O)(=O)C3CC3)[C@H]3COC[C@@H]23)cs1. The smallest absolute Gasteiger partial charge is 0.217 e. The van der Waals surface area contributed by atoms with E-state index in [-0.39, 0.29) is 23.3 Å². The van der Waals surface area contributed by atoms with Crippen LogP contribution in [0.4, 0.5) is 0 Å². The summed E-state index contributed by atoms with van der Waals surface area (Å²) in [5.74, 6) is 0.147. The maximum absolute atomic E-state index is 12.6. The van der Waals surface area contributed by atoms with Crippen LogP contribution in [0.2, 0.25) is 0 Å². The Kier molecular flexibility index (Phi) is 3.77. The average molecular weight is 344 g/mol. The standard InChI is InChI=1S/C14H20N2O4S2/c1-9-15-10(8-21-9)5-20-14-4-16(13-7-19-6-12(13)14)22(17,18)11-2-3-11/h8,11-14H,2-7H2,1H3/t12-,13+,14-/m1/s1. The molecule has 0 radical (unpaired) electrons. The lowest BCUT2D eigenvalue weighted by molar-refractivity contribution is 0.0114. The van der Waals surface area contributed by atoms with Gasteiger partial charge >= 0.3 is 0 Å². The van der Waals surface area contributed by atoms with Gasteiger partial charge in [-0.3, -0.25) is 0 Å². The van der Waals surface area contributed by atoms with Crippen molar-refractivity contribution >= 4 is 21.4 Å². The summed E-state index contributed by atoms with van der Waals surface area (Å²) in [5.41, 5.74) is 0.918. The fraction of sp³-hybridized carbons (Fsp3) is 0.786. The van der Waals surface area contributed by atoms with Crippen molar-refractivity contribution in [1.29, 1.82) is 0 Å². The lowest BCUT2D eigenvalue weighted by atomic mass is 10.0. The Bertz CT molecular complexity index is 656. The highest BCUT2D eigenvalue weighted by Gasteiger charge is 2.53. The number of aryl methyl sites for hydroxylation is 1. The fourth-order valence-electron chi connectivity index (χ4n) is 3.35. The van der Waals surface area contributed by atoms with Crippen LogP contribution < -0.4 is 0 Å². The van der Waals surface area contributed by atoms with Crippen molar-refractivity contribution in [2.24, 2.45) is 5.92 Å². The Hall–Kier alpha value is -0.540. The number of hydrogen-bond donors (Lipinski definition) is 0. The van der Waals surface area contributed by atoms with Crippen LogP contribution in [0.3, 0.4) is 0 Å². The number of hydrogen-bond acceptors (Lipinski definition) is 6. The van der Waals surface area contributed by atoms with E-state index in [1.807, 2.05) is 12.3 Å². The third-order valence-electron chi connectivity index (χ3n) is 4.68. The summed E-state index contributed by atoms with van der Waals surface area (Å²) in [6.07, 6.45) is 1.49. The van der Waals surface area contributed by atoms with E-state index >= 15 is 0 Å². The summed E-state index contributed by atoms with van der Waals surface area (Å²) in [6, 6.07) is -0.0484. The van der Waals surface area contributed by atoms with Gasteiger partial charge in [0.1, 0.15) is 0 Å². The third-order valence-corrected chi connectivity index (χ3v) is 7.89. The number of sulfonamides is 1. The minimum Gasteiger partial charge on any atom is -0.379 e. The van der Waals surface area contributed by atoms with E-state index in [9.17, 15) is 8.42 Å². The molecular weight excluding hydrogens is 324 g/mol. The van der Waals surface area contributed by atoms with E-state index in [4.69, 9.17) is 9.47 Å². The zero-order valence-electron chi connectivity index (χ0n) is 12.5. The lowest BCUT2D eigenvalue weighted by Gasteiger charge is -2.21. The van der Waals surface area contributed by atoms with Crippen molar-refractivity contribution in [2.45, 2.75) is 43.8 Å². The van der Waals surface area contributed by atoms with Gasteiger partial charge in [0.15, 0.2) is 0 Å². The molecule has 6 nitrogen and oxygen atoms in total. The van der Waals surface area contributed by atoms with Crippen LogP contribution in [0.5, 0.6) is 0 Å². The highest BCUT2D eigenvalue weighted by Crippen LogP contribution is 2.40. The van der Waals surface area contributed by atoms with Crippen LogP contribution in [0.25, 0.3) is 0 Å². The molecule has 1 saturated carbocycles. The highest BCUT2D eigenvalue weighted by molar-refractivity contribution is 7.90. The second kappa shape index (κ2) is 5.52. The molecule has 2 aliphatic heterocycles. The van der Waals surface area contributed by atoms with Gasteiger partial charge in [-0.05, 0) is 19.8 Å². The molecule has 1 aromatic rings. The summed E-state index contributed by atoms with van der Waals surface area (Å²) < 4.78 is 38.3. The molecule has 0 spiro atoms. The maximum Gasteiger partial charge on any atom is 0.217 e. The van der Waals surface area contributed by atoms with E-state index in [1.54, 1.807) is 15.6 Å². The van der Waals surface area contributed by atoms with Gasteiger partial charge in [-0.25, -0.2) is 13.4 Å². The van der Waals surface area contributed by atoms with Crippen LogP contribution in [-0.2, 0) is 26.1 Å². The summed E-state index contributed by atoms with van der Waals surface area (Å²) in [5, 5.41) is 2.84. The van der Waals surface area contributed by atoms with Crippen LogP contribution in [-0.4, -0.2) is 54.9 Å². The predicted octanol–water partition coefficient (Wildman–Crippen LogP) is 1.16. The lowest BCUT2D eigenvalue weighted by Crippen LogP contribution is -2.40. The molecule has 3 heterocycles.